The molecule has 0 N–H and O–H groups in total. The molecule has 3 heteroatoms. The van der Waals surface area contributed by atoms with Crippen molar-refractivity contribution >= 4 is 39.1 Å². The Kier molecular flexibility index (Phi) is 4.35. The molecule has 0 radical (unpaired) electrons. The van der Waals surface area contributed by atoms with Crippen LogP contribution in [0.1, 0.15) is 16.7 Å². The summed E-state index contributed by atoms with van der Waals surface area (Å²) in [5, 5.41) is 1.36. The largest absolute Gasteiger partial charge is 0.0843 e. The van der Waals surface area contributed by atoms with Crippen molar-refractivity contribution in [3.63, 3.8) is 0 Å². The Bertz CT molecular complexity index is 596. The molecule has 0 bridgehead atoms. The van der Waals surface area contributed by atoms with Crippen LogP contribution in [0.2, 0.25) is 10.0 Å². The summed E-state index contributed by atoms with van der Waals surface area (Å²) in [6, 6.07) is 11.2. The van der Waals surface area contributed by atoms with Crippen LogP contribution in [0.4, 0.5) is 0 Å². The molecule has 18 heavy (non-hydrogen) atoms. The van der Waals surface area contributed by atoms with Gasteiger partial charge in [0.15, 0.2) is 0 Å². The van der Waals surface area contributed by atoms with E-state index < -0.39 is 0 Å². The van der Waals surface area contributed by atoms with Crippen LogP contribution < -0.4 is 0 Å². The molecule has 0 saturated carbocycles. The van der Waals surface area contributed by atoms with Crippen molar-refractivity contribution in [1.82, 2.24) is 0 Å². The van der Waals surface area contributed by atoms with Crippen LogP contribution in [0, 0.1) is 18.8 Å². The summed E-state index contributed by atoms with van der Waals surface area (Å²) in [5.74, 6) is 6.21. The zero-order chi connectivity index (χ0) is 13.1. The first-order valence-corrected chi connectivity index (χ1v) is 6.84. The fraction of sp³-hybridized carbons (Fsp3) is 0.0667. The van der Waals surface area contributed by atoms with Gasteiger partial charge in [-0.25, -0.2) is 0 Å². The van der Waals surface area contributed by atoms with E-state index in [4.69, 9.17) is 23.2 Å². The fourth-order valence-corrected chi connectivity index (χ4v) is 2.15. The molecule has 0 atom stereocenters. The first-order chi connectivity index (χ1) is 8.56. The van der Waals surface area contributed by atoms with Crippen molar-refractivity contribution in [3.05, 3.63) is 67.6 Å². The lowest BCUT2D eigenvalue weighted by Crippen LogP contribution is -1.83. The van der Waals surface area contributed by atoms with Gasteiger partial charge in [-0.1, -0.05) is 41.1 Å². The number of hydrogen-bond acceptors (Lipinski definition) is 0. The van der Waals surface area contributed by atoms with Crippen LogP contribution in [-0.4, -0.2) is 0 Å². The zero-order valence-corrected chi connectivity index (χ0v) is 12.7. The average molecular weight is 340 g/mol. The van der Waals surface area contributed by atoms with Crippen LogP contribution in [0.5, 0.6) is 0 Å². The normalized spacial score (nSPS) is 9.78. The number of aryl methyl sites for hydroxylation is 1. The lowest BCUT2D eigenvalue weighted by molar-refractivity contribution is 1.43. The van der Waals surface area contributed by atoms with Crippen molar-refractivity contribution in [2.75, 3.05) is 0 Å². The number of hydrogen-bond donors (Lipinski definition) is 0. The Balaban J connectivity index is 2.42. The molecule has 2 aromatic rings. The second-order valence-corrected chi connectivity index (χ2v) is 5.56. The first kappa shape index (κ1) is 13.5. The molecule has 0 aliphatic heterocycles. The first-order valence-electron chi connectivity index (χ1n) is 5.29. The molecule has 0 spiro atoms. The van der Waals surface area contributed by atoms with E-state index in [9.17, 15) is 0 Å². The van der Waals surface area contributed by atoms with Gasteiger partial charge < -0.3 is 0 Å². The molecule has 0 aromatic heterocycles. The van der Waals surface area contributed by atoms with E-state index in [0.29, 0.717) is 10.0 Å². The van der Waals surface area contributed by atoms with E-state index in [2.05, 4.69) is 27.8 Å². The molecule has 2 rings (SSSR count). The van der Waals surface area contributed by atoms with E-state index in [1.165, 1.54) is 0 Å². The van der Waals surface area contributed by atoms with Crippen molar-refractivity contribution in [2.45, 2.75) is 6.92 Å². The van der Waals surface area contributed by atoms with Gasteiger partial charge in [0.25, 0.3) is 0 Å². The Labute approximate surface area is 125 Å². The molecular formula is C15H9BrCl2. The van der Waals surface area contributed by atoms with Gasteiger partial charge in [-0.2, -0.15) is 0 Å². The lowest BCUT2D eigenvalue weighted by Gasteiger charge is -1.99. The Hall–Kier alpha value is -0.940. The number of rotatable bonds is 0. The van der Waals surface area contributed by atoms with Crippen molar-refractivity contribution in [3.8, 4) is 11.8 Å². The van der Waals surface area contributed by atoms with Crippen LogP contribution in [0.3, 0.4) is 0 Å². The van der Waals surface area contributed by atoms with Gasteiger partial charge in [-0.3, -0.25) is 0 Å². The molecule has 0 fully saturated rings. The lowest BCUT2D eigenvalue weighted by atomic mass is 10.1. The van der Waals surface area contributed by atoms with E-state index >= 15 is 0 Å². The van der Waals surface area contributed by atoms with E-state index in [1.54, 1.807) is 0 Å². The van der Waals surface area contributed by atoms with Gasteiger partial charge in [0, 0.05) is 25.6 Å². The molecule has 0 nitrogen and oxygen atoms in total. The fourth-order valence-electron chi connectivity index (χ4n) is 1.46. The van der Waals surface area contributed by atoms with E-state index in [1.807, 2.05) is 43.3 Å². The van der Waals surface area contributed by atoms with Crippen molar-refractivity contribution < 1.29 is 0 Å². The smallest absolute Gasteiger partial charge is 0.0419 e. The molecule has 0 aliphatic rings. The summed E-state index contributed by atoms with van der Waals surface area (Å²) in [4.78, 5) is 0. The summed E-state index contributed by atoms with van der Waals surface area (Å²) in [7, 11) is 0. The van der Waals surface area contributed by atoms with E-state index in [-0.39, 0.29) is 0 Å². The minimum atomic E-state index is 0.672. The summed E-state index contributed by atoms with van der Waals surface area (Å²) < 4.78 is 0.930. The predicted octanol–water partition coefficient (Wildman–Crippen LogP) is 5.46. The second kappa shape index (κ2) is 5.80. The third-order valence-electron chi connectivity index (χ3n) is 2.46. The monoisotopic (exact) mass is 338 g/mol. The molecule has 2 aromatic carbocycles. The molecule has 0 amide bonds. The second-order valence-electron chi connectivity index (χ2n) is 3.83. The predicted molar refractivity (Wildman–Crippen MR) is 81.3 cm³/mol. The maximum atomic E-state index is 5.96. The average Bonchev–Trinajstić information content (AvgIpc) is 2.34. The van der Waals surface area contributed by atoms with Crippen molar-refractivity contribution in [2.24, 2.45) is 0 Å². The molecular weight excluding hydrogens is 331 g/mol. The minimum Gasteiger partial charge on any atom is -0.0843 e. The van der Waals surface area contributed by atoms with Crippen LogP contribution >= 0.6 is 39.1 Å². The van der Waals surface area contributed by atoms with Gasteiger partial charge in [-0.15, -0.1) is 0 Å². The maximum Gasteiger partial charge on any atom is 0.0419 e. The SMILES string of the molecule is Cc1ccc(Cl)cc1C#Cc1cc(Cl)ccc1Br. The highest BCUT2D eigenvalue weighted by Gasteiger charge is 1.99. The summed E-state index contributed by atoms with van der Waals surface area (Å²) >= 11 is 15.4. The van der Waals surface area contributed by atoms with Gasteiger partial charge in [0.1, 0.15) is 0 Å². The highest BCUT2D eigenvalue weighted by atomic mass is 79.9. The molecule has 0 unspecified atom stereocenters. The summed E-state index contributed by atoms with van der Waals surface area (Å²) in [6.07, 6.45) is 0. The standard InChI is InChI=1S/C15H9BrCl2/c1-10-2-5-13(17)8-11(10)3-4-12-9-14(18)6-7-15(12)16/h2,5-9H,1H3. The molecule has 0 saturated heterocycles. The quantitative estimate of drug-likeness (QED) is 0.559. The minimum absolute atomic E-state index is 0.672. The number of halogens is 3. The molecule has 0 heterocycles. The highest BCUT2D eigenvalue weighted by molar-refractivity contribution is 9.10. The maximum absolute atomic E-state index is 5.96. The van der Waals surface area contributed by atoms with E-state index in [0.717, 1.165) is 21.2 Å². The van der Waals surface area contributed by atoms with Crippen LogP contribution in [0.15, 0.2) is 40.9 Å². The van der Waals surface area contributed by atoms with Gasteiger partial charge >= 0.3 is 0 Å². The topological polar surface area (TPSA) is 0 Å². The third-order valence-corrected chi connectivity index (χ3v) is 3.62. The number of benzene rings is 2. The Morgan fingerprint density at radius 1 is 0.889 bits per heavy atom. The summed E-state index contributed by atoms with van der Waals surface area (Å²) in [6.45, 7) is 2.01. The van der Waals surface area contributed by atoms with Crippen LogP contribution in [0.25, 0.3) is 0 Å². The zero-order valence-electron chi connectivity index (χ0n) is 9.60. The third kappa shape index (κ3) is 3.29. The van der Waals surface area contributed by atoms with Gasteiger partial charge in [0.2, 0.25) is 0 Å². The van der Waals surface area contributed by atoms with Gasteiger partial charge in [-0.05, 0) is 58.7 Å². The van der Waals surface area contributed by atoms with Crippen molar-refractivity contribution in [1.29, 1.82) is 0 Å². The van der Waals surface area contributed by atoms with Crippen LogP contribution in [-0.2, 0) is 0 Å². The highest BCUT2D eigenvalue weighted by Crippen LogP contribution is 2.21. The Morgan fingerprint density at radius 2 is 1.44 bits per heavy atom. The molecule has 90 valence electrons. The Morgan fingerprint density at radius 3 is 2.17 bits per heavy atom. The van der Waals surface area contributed by atoms with Gasteiger partial charge in [0.05, 0.1) is 0 Å². The molecule has 0 aliphatic carbocycles. The summed E-state index contributed by atoms with van der Waals surface area (Å²) in [5.41, 5.74) is 2.89.